The quantitative estimate of drug-likeness (QED) is 0.841. The van der Waals surface area contributed by atoms with E-state index in [1.54, 1.807) is 31.4 Å². The van der Waals surface area contributed by atoms with E-state index >= 15 is 0 Å². The molecule has 5 nitrogen and oxygen atoms in total. The van der Waals surface area contributed by atoms with Crippen molar-refractivity contribution in [2.24, 2.45) is 0 Å². The number of aromatic nitrogens is 2. The van der Waals surface area contributed by atoms with Crippen LogP contribution < -0.4 is 4.74 Å². The zero-order valence-electron chi connectivity index (χ0n) is 9.84. The van der Waals surface area contributed by atoms with Crippen molar-refractivity contribution in [3.05, 3.63) is 41.5 Å². The molecule has 0 saturated carbocycles. The summed E-state index contributed by atoms with van der Waals surface area (Å²) in [5.41, 5.74) is 0.771. The number of rotatable bonds is 5. The van der Waals surface area contributed by atoms with Gasteiger partial charge in [-0.1, -0.05) is 17.3 Å². The molecule has 0 radical (unpaired) electrons. The minimum atomic E-state index is -0.684. The fraction of sp³-hybridized carbons (Fsp3) is 0.333. The monoisotopic (exact) mass is 268 g/mol. The van der Waals surface area contributed by atoms with Crippen molar-refractivity contribution in [3.8, 4) is 5.75 Å². The minimum absolute atomic E-state index is 0.172. The van der Waals surface area contributed by atoms with Crippen LogP contribution in [0.3, 0.4) is 0 Å². The van der Waals surface area contributed by atoms with Crippen LogP contribution in [0.2, 0.25) is 0 Å². The predicted molar refractivity (Wildman–Crippen MR) is 65.5 cm³/mol. The van der Waals surface area contributed by atoms with E-state index in [1.165, 1.54) is 0 Å². The molecular weight excluding hydrogens is 256 g/mol. The second-order valence-electron chi connectivity index (χ2n) is 3.73. The molecule has 1 N–H and O–H groups in total. The van der Waals surface area contributed by atoms with Crippen molar-refractivity contribution in [2.45, 2.75) is 18.4 Å². The highest BCUT2D eigenvalue weighted by molar-refractivity contribution is 6.16. The molecule has 18 heavy (non-hydrogen) atoms. The van der Waals surface area contributed by atoms with Crippen LogP contribution >= 0.6 is 11.6 Å². The Morgan fingerprint density at radius 1 is 1.39 bits per heavy atom. The molecule has 0 spiro atoms. The second kappa shape index (κ2) is 5.84. The average molecular weight is 269 g/mol. The van der Waals surface area contributed by atoms with Gasteiger partial charge in [0.1, 0.15) is 11.6 Å². The van der Waals surface area contributed by atoms with Crippen molar-refractivity contribution in [1.29, 1.82) is 0 Å². The zero-order valence-corrected chi connectivity index (χ0v) is 10.6. The molecule has 1 aromatic heterocycles. The first-order valence-corrected chi connectivity index (χ1v) is 5.96. The summed E-state index contributed by atoms with van der Waals surface area (Å²) >= 11 is 5.55. The number of hydrogen-bond acceptors (Lipinski definition) is 5. The Morgan fingerprint density at radius 3 is 2.67 bits per heavy atom. The first-order chi connectivity index (χ1) is 8.72. The minimum Gasteiger partial charge on any atom is -0.497 e. The second-order valence-corrected chi connectivity index (χ2v) is 4.00. The summed E-state index contributed by atoms with van der Waals surface area (Å²) in [4.78, 5) is 4.03. The van der Waals surface area contributed by atoms with E-state index in [2.05, 4.69) is 10.1 Å². The molecular formula is C12H13ClN2O3. The third-order valence-electron chi connectivity index (χ3n) is 2.50. The number of methoxy groups -OCH3 is 1. The molecule has 0 unspecified atom stereocenters. The normalized spacial score (nSPS) is 12.4. The van der Waals surface area contributed by atoms with Crippen LogP contribution in [0.1, 0.15) is 23.4 Å². The number of halogens is 1. The Balaban J connectivity index is 2.03. The number of ether oxygens (including phenoxy) is 1. The van der Waals surface area contributed by atoms with Gasteiger partial charge in [-0.15, -0.1) is 11.6 Å². The van der Waals surface area contributed by atoms with Crippen LogP contribution in [-0.2, 0) is 12.3 Å². The van der Waals surface area contributed by atoms with Crippen LogP contribution in [-0.4, -0.2) is 22.4 Å². The predicted octanol–water partition coefficient (Wildman–Crippen LogP) is 2.09. The van der Waals surface area contributed by atoms with E-state index in [0.717, 1.165) is 11.3 Å². The number of hydrogen-bond donors (Lipinski definition) is 1. The lowest BCUT2D eigenvalue weighted by Crippen LogP contribution is -2.03. The summed E-state index contributed by atoms with van der Waals surface area (Å²) in [6, 6.07) is 7.18. The molecule has 6 heteroatoms. The van der Waals surface area contributed by atoms with Crippen molar-refractivity contribution >= 4 is 11.6 Å². The van der Waals surface area contributed by atoms with Crippen LogP contribution in [0.25, 0.3) is 0 Å². The highest BCUT2D eigenvalue weighted by Gasteiger charge is 2.13. The van der Waals surface area contributed by atoms with Crippen molar-refractivity contribution in [3.63, 3.8) is 0 Å². The standard InChI is InChI=1S/C12H13ClN2O3/c1-17-9-4-2-8(3-5-9)10(16)6-11-14-12(7-13)18-15-11/h2-5,10,16H,6-7H2,1H3/t10-/m0/s1. The summed E-state index contributed by atoms with van der Waals surface area (Å²) in [5.74, 6) is 1.71. The maximum absolute atomic E-state index is 10.0. The highest BCUT2D eigenvalue weighted by Crippen LogP contribution is 2.20. The van der Waals surface area contributed by atoms with Gasteiger partial charge in [0.25, 0.3) is 0 Å². The van der Waals surface area contributed by atoms with E-state index in [4.69, 9.17) is 20.9 Å². The first-order valence-electron chi connectivity index (χ1n) is 5.42. The number of aliphatic hydroxyl groups is 1. The maximum Gasteiger partial charge on any atom is 0.241 e. The number of nitrogens with zero attached hydrogens (tertiary/aromatic N) is 2. The van der Waals surface area contributed by atoms with Crippen LogP contribution in [0.4, 0.5) is 0 Å². The average Bonchev–Trinajstić information content (AvgIpc) is 2.86. The SMILES string of the molecule is COc1ccc([C@@H](O)Cc2noc(CCl)n2)cc1. The van der Waals surface area contributed by atoms with Crippen LogP contribution in [0.5, 0.6) is 5.75 Å². The topological polar surface area (TPSA) is 68.4 Å². The molecule has 2 aromatic rings. The van der Waals surface area contributed by atoms with E-state index in [0.29, 0.717) is 11.7 Å². The van der Waals surface area contributed by atoms with Gasteiger partial charge in [0.2, 0.25) is 5.89 Å². The Bertz CT molecular complexity index is 498. The van der Waals surface area contributed by atoms with Gasteiger partial charge in [0.15, 0.2) is 5.82 Å². The van der Waals surface area contributed by atoms with Gasteiger partial charge in [0.05, 0.1) is 13.2 Å². The zero-order chi connectivity index (χ0) is 13.0. The summed E-state index contributed by atoms with van der Waals surface area (Å²) in [7, 11) is 1.60. The number of alkyl halides is 1. The van der Waals surface area contributed by atoms with Crippen LogP contribution in [0, 0.1) is 0 Å². The Morgan fingerprint density at radius 2 is 2.11 bits per heavy atom. The van der Waals surface area contributed by atoms with Gasteiger partial charge in [-0.25, -0.2) is 0 Å². The molecule has 0 saturated heterocycles. The largest absolute Gasteiger partial charge is 0.497 e. The molecule has 0 bridgehead atoms. The number of aliphatic hydroxyl groups excluding tert-OH is 1. The molecule has 0 aliphatic heterocycles. The smallest absolute Gasteiger partial charge is 0.241 e. The fourth-order valence-electron chi connectivity index (χ4n) is 1.54. The van der Waals surface area contributed by atoms with Gasteiger partial charge in [0, 0.05) is 6.42 Å². The van der Waals surface area contributed by atoms with Crippen molar-refractivity contribution in [2.75, 3.05) is 7.11 Å². The van der Waals surface area contributed by atoms with E-state index < -0.39 is 6.10 Å². The third-order valence-corrected chi connectivity index (χ3v) is 2.73. The highest BCUT2D eigenvalue weighted by atomic mass is 35.5. The third kappa shape index (κ3) is 3.00. The summed E-state index contributed by atoms with van der Waals surface area (Å²) in [5, 5.41) is 13.8. The molecule has 96 valence electrons. The van der Waals surface area contributed by atoms with Crippen molar-refractivity contribution < 1.29 is 14.4 Å². The van der Waals surface area contributed by atoms with Crippen LogP contribution in [0.15, 0.2) is 28.8 Å². The van der Waals surface area contributed by atoms with Gasteiger partial charge < -0.3 is 14.4 Å². The lowest BCUT2D eigenvalue weighted by Gasteiger charge is -2.09. The molecule has 1 atom stereocenters. The van der Waals surface area contributed by atoms with Gasteiger partial charge in [-0.05, 0) is 17.7 Å². The van der Waals surface area contributed by atoms with Gasteiger partial charge in [-0.3, -0.25) is 0 Å². The summed E-state index contributed by atoms with van der Waals surface area (Å²) in [6.45, 7) is 0. The molecule has 1 heterocycles. The van der Waals surface area contributed by atoms with Gasteiger partial charge >= 0.3 is 0 Å². The Kier molecular flexibility index (Phi) is 4.17. The lowest BCUT2D eigenvalue weighted by atomic mass is 10.1. The molecule has 0 amide bonds. The van der Waals surface area contributed by atoms with E-state index in [1.807, 2.05) is 0 Å². The Hall–Kier alpha value is -1.59. The van der Waals surface area contributed by atoms with Crippen molar-refractivity contribution in [1.82, 2.24) is 10.1 Å². The molecule has 0 aliphatic carbocycles. The Labute approximate surface area is 109 Å². The van der Waals surface area contributed by atoms with E-state index in [9.17, 15) is 5.11 Å². The number of benzene rings is 1. The fourth-order valence-corrected chi connectivity index (χ4v) is 1.65. The molecule has 1 aromatic carbocycles. The molecule has 0 aliphatic rings. The molecule has 0 fully saturated rings. The summed E-state index contributed by atoms with van der Waals surface area (Å²) in [6.07, 6.45) is -0.399. The van der Waals surface area contributed by atoms with E-state index in [-0.39, 0.29) is 12.3 Å². The summed E-state index contributed by atoms with van der Waals surface area (Å²) < 4.78 is 9.91. The lowest BCUT2D eigenvalue weighted by molar-refractivity contribution is 0.174. The first kappa shape index (κ1) is 12.9. The van der Waals surface area contributed by atoms with Gasteiger partial charge in [-0.2, -0.15) is 4.98 Å². The molecule has 2 rings (SSSR count). The maximum atomic E-state index is 10.0.